The largest absolute Gasteiger partial charge is 0.382 e. The second kappa shape index (κ2) is 10.8. The number of benzene rings is 1. The number of ether oxygens (including phenoxy) is 2. The summed E-state index contributed by atoms with van der Waals surface area (Å²) in [5, 5.41) is 3.30. The van der Waals surface area contributed by atoms with Crippen molar-refractivity contribution < 1.29 is 18.7 Å². The smallest absolute Gasteiger partial charge is 0.220 e. The summed E-state index contributed by atoms with van der Waals surface area (Å²) in [4.78, 5) is 14.2. The van der Waals surface area contributed by atoms with Crippen LogP contribution in [0.4, 0.5) is 4.39 Å². The van der Waals surface area contributed by atoms with Gasteiger partial charge in [-0.1, -0.05) is 17.7 Å². The van der Waals surface area contributed by atoms with Crippen LogP contribution < -0.4 is 5.32 Å². The van der Waals surface area contributed by atoms with Gasteiger partial charge in [0, 0.05) is 49.9 Å². The molecule has 1 heterocycles. The molecule has 2 atom stereocenters. The van der Waals surface area contributed by atoms with Crippen molar-refractivity contribution in [1.29, 1.82) is 0 Å². The summed E-state index contributed by atoms with van der Waals surface area (Å²) < 4.78 is 25.3. The Morgan fingerprint density at radius 3 is 3.04 bits per heavy atom. The number of hydrogen-bond acceptors (Lipinski definition) is 4. The molecule has 1 saturated heterocycles. The van der Waals surface area contributed by atoms with Crippen LogP contribution in [0.1, 0.15) is 38.3 Å². The third-order valence-electron chi connectivity index (χ3n) is 4.44. The van der Waals surface area contributed by atoms with Crippen molar-refractivity contribution in [1.82, 2.24) is 10.2 Å². The highest BCUT2D eigenvalue weighted by Crippen LogP contribution is 2.31. The fraction of sp³-hybridized carbons (Fsp3) is 0.632. The first kappa shape index (κ1) is 21.1. The minimum atomic E-state index is -0.354. The van der Waals surface area contributed by atoms with Crippen molar-refractivity contribution in [3.63, 3.8) is 0 Å². The highest BCUT2D eigenvalue weighted by molar-refractivity contribution is 6.31. The molecule has 1 aliphatic rings. The highest BCUT2D eigenvalue weighted by atomic mass is 35.5. The number of nitrogens with zero attached hydrogens (tertiary/aromatic N) is 1. The van der Waals surface area contributed by atoms with E-state index in [4.69, 9.17) is 21.1 Å². The average molecular weight is 387 g/mol. The SMILES string of the molecule is CCOCCCC(=O)NCC(c1c(F)cccc1Cl)N1CCOC(C)C1. The summed E-state index contributed by atoms with van der Waals surface area (Å²) in [5.74, 6) is -0.421. The molecule has 5 nitrogen and oxygen atoms in total. The minimum absolute atomic E-state index is 0.0543. The predicted octanol–water partition coefficient (Wildman–Crippen LogP) is 3.17. The zero-order valence-corrected chi connectivity index (χ0v) is 16.2. The van der Waals surface area contributed by atoms with Crippen LogP contribution in [0.15, 0.2) is 18.2 Å². The van der Waals surface area contributed by atoms with Crippen LogP contribution in [-0.4, -0.2) is 56.4 Å². The molecule has 7 heteroatoms. The maximum Gasteiger partial charge on any atom is 0.220 e. The fourth-order valence-corrected chi connectivity index (χ4v) is 3.44. The van der Waals surface area contributed by atoms with E-state index in [1.54, 1.807) is 12.1 Å². The van der Waals surface area contributed by atoms with Crippen molar-refractivity contribution in [2.24, 2.45) is 0 Å². The Bertz CT molecular complexity index is 568. The fourth-order valence-electron chi connectivity index (χ4n) is 3.15. The van der Waals surface area contributed by atoms with Gasteiger partial charge in [-0.05, 0) is 32.4 Å². The number of amides is 1. The van der Waals surface area contributed by atoms with Crippen LogP contribution in [0, 0.1) is 5.82 Å². The molecule has 1 aromatic carbocycles. The molecule has 1 amide bonds. The zero-order chi connectivity index (χ0) is 18.9. The van der Waals surface area contributed by atoms with Gasteiger partial charge in [0.2, 0.25) is 5.91 Å². The molecule has 26 heavy (non-hydrogen) atoms. The molecule has 0 bridgehead atoms. The van der Waals surface area contributed by atoms with Gasteiger partial charge in [-0.2, -0.15) is 0 Å². The number of morpholine rings is 1. The topological polar surface area (TPSA) is 50.8 Å². The Labute approximate surface area is 159 Å². The number of carbonyl (C=O) groups excluding carboxylic acids is 1. The molecule has 1 aromatic rings. The first-order chi connectivity index (χ1) is 12.5. The number of rotatable bonds is 9. The molecule has 0 radical (unpaired) electrons. The predicted molar refractivity (Wildman–Crippen MR) is 99.9 cm³/mol. The Balaban J connectivity index is 2.05. The summed E-state index contributed by atoms with van der Waals surface area (Å²) in [7, 11) is 0. The zero-order valence-electron chi connectivity index (χ0n) is 15.5. The molecule has 2 rings (SSSR count). The van der Waals surface area contributed by atoms with E-state index in [-0.39, 0.29) is 23.9 Å². The minimum Gasteiger partial charge on any atom is -0.382 e. The Morgan fingerprint density at radius 1 is 1.54 bits per heavy atom. The molecule has 0 aliphatic carbocycles. The van der Waals surface area contributed by atoms with Gasteiger partial charge in [0.15, 0.2) is 0 Å². The first-order valence-electron chi connectivity index (χ1n) is 9.17. The lowest BCUT2D eigenvalue weighted by molar-refractivity contribution is -0.121. The summed E-state index contributed by atoms with van der Waals surface area (Å²) in [6, 6.07) is 4.35. The second-order valence-electron chi connectivity index (χ2n) is 6.43. The Morgan fingerprint density at radius 2 is 2.35 bits per heavy atom. The van der Waals surface area contributed by atoms with Gasteiger partial charge in [-0.15, -0.1) is 0 Å². The van der Waals surface area contributed by atoms with Crippen molar-refractivity contribution in [2.45, 2.75) is 38.8 Å². The van der Waals surface area contributed by atoms with Gasteiger partial charge >= 0.3 is 0 Å². The molecular weight excluding hydrogens is 359 g/mol. The lowest BCUT2D eigenvalue weighted by Crippen LogP contribution is -2.47. The summed E-state index contributed by atoms with van der Waals surface area (Å²) in [6.07, 6.45) is 1.11. The molecule has 146 valence electrons. The maximum absolute atomic E-state index is 14.5. The van der Waals surface area contributed by atoms with Gasteiger partial charge in [-0.25, -0.2) is 4.39 Å². The summed E-state index contributed by atoms with van der Waals surface area (Å²) in [6.45, 7) is 7.32. The van der Waals surface area contributed by atoms with Crippen LogP contribution in [0.5, 0.6) is 0 Å². The van der Waals surface area contributed by atoms with Crippen LogP contribution >= 0.6 is 11.6 Å². The molecule has 0 saturated carbocycles. The van der Waals surface area contributed by atoms with Crippen molar-refractivity contribution >= 4 is 17.5 Å². The molecule has 2 unspecified atom stereocenters. The van der Waals surface area contributed by atoms with Crippen molar-refractivity contribution in [3.8, 4) is 0 Å². The van der Waals surface area contributed by atoms with Crippen LogP contribution in [0.3, 0.4) is 0 Å². The maximum atomic E-state index is 14.5. The molecule has 1 aliphatic heterocycles. The molecular formula is C19H28ClFN2O3. The third kappa shape index (κ3) is 6.20. The van der Waals surface area contributed by atoms with E-state index >= 15 is 0 Å². The van der Waals surface area contributed by atoms with Crippen LogP contribution in [-0.2, 0) is 14.3 Å². The summed E-state index contributed by atoms with van der Waals surface area (Å²) >= 11 is 6.29. The Hall–Kier alpha value is -1.21. The highest BCUT2D eigenvalue weighted by Gasteiger charge is 2.29. The second-order valence-corrected chi connectivity index (χ2v) is 6.84. The third-order valence-corrected chi connectivity index (χ3v) is 4.77. The monoisotopic (exact) mass is 386 g/mol. The van der Waals surface area contributed by atoms with E-state index in [2.05, 4.69) is 10.2 Å². The van der Waals surface area contributed by atoms with Crippen LogP contribution in [0.2, 0.25) is 5.02 Å². The lowest BCUT2D eigenvalue weighted by Gasteiger charge is -2.38. The van der Waals surface area contributed by atoms with Gasteiger partial charge < -0.3 is 14.8 Å². The first-order valence-corrected chi connectivity index (χ1v) is 9.54. The molecule has 1 N–H and O–H groups in total. The van der Waals surface area contributed by atoms with E-state index in [0.717, 1.165) is 0 Å². The molecule has 0 spiro atoms. The molecule has 1 fully saturated rings. The van der Waals surface area contributed by atoms with Crippen LogP contribution in [0.25, 0.3) is 0 Å². The normalized spacial score (nSPS) is 19.3. The lowest BCUT2D eigenvalue weighted by atomic mass is 10.0. The van der Waals surface area contributed by atoms with Gasteiger partial charge in [0.1, 0.15) is 5.82 Å². The van der Waals surface area contributed by atoms with E-state index < -0.39 is 0 Å². The number of nitrogens with one attached hydrogen (secondary N) is 1. The van der Waals surface area contributed by atoms with E-state index in [1.165, 1.54) is 6.07 Å². The van der Waals surface area contributed by atoms with E-state index in [9.17, 15) is 9.18 Å². The Kier molecular flexibility index (Phi) is 8.78. The average Bonchev–Trinajstić information content (AvgIpc) is 2.61. The number of carbonyl (C=O) groups is 1. The van der Waals surface area contributed by atoms with Gasteiger partial charge in [0.25, 0.3) is 0 Å². The standard InChI is InChI=1S/C19H28ClFN2O3/c1-3-25-10-5-8-18(24)22-12-17(23-9-11-26-14(2)13-23)19-15(20)6-4-7-16(19)21/h4,6-7,14,17H,3,5,8-13H2,1-2H3,(H,22,24). The van der Waals surface area contributed by atoms with Gasteiger partial charge in [0.05, 0.1) is 18.8 Å². The van der Waals surface area contributed by atoms with Crippen molar-refractivity contribution in [2.75, 3.05) is 39.5 Å². The summed E-state index contributed by atoms with van der Waals surface area (Å²) in [5.41, 5.74) is 0.429. The van der Waals surface area contributed by atoms with Gasteiger partial charge in [-0.3, -0.25) is 9.69 Å². The quantitative estimate of drug-likeness (QED) is 0.662. The van der Waals surface area contributed by atoms with E-state index in [1.807, 2.05) is 13.8 Å². The number of halogens is 2. The number of hydrogen-bond donors (Lipinski definition) is 1. The van der Waals surface area contributed by atoms with E-state index in [0.29, 0.717) is 62.9 Å². The molecule has 0 aromatic heterocycles. The van der Waals surface area contributed by atoms with Crippen molar-refractivity contribution in [3.05, 3.63) is 34.6 Å².